The van der Waals surface area contributed by atoms with Crippen molar-refractivity contribution in [3.05, 3.63) is 54.0 Å². The number of nitrogens with zero attached hydrogens (tertiary/aromatic N) is 5. The van der Waals surface area contributed by atoms with E-state index in [0.29, 0.717) is 32.2 Å². The van der Waals surface area contributed by atoms with Crippen molar-refractivity contribution in [3.8, 4) is 17.1 Å². The first-order valence-corrected chi connectivity index (χ1v) is 11.0. The van der Waals surface area contributed by atoms with Gasteiger partial charge in [-0.1, -0.05) is 12.1 Å². The highest BCUT2D eigenvalue weighted by molar-refractivity contribution is 5.88. The molecule has 5 rings (SSSR count). The molecular formula is C23H27N7O4. The SMILES string of the molecule is COCOCC1=CN(Cc2cnc3c(N4CCOCC4)nc(-c4cccc(O)c4)nc3c2)NN1. The van der Waals surface area contributed by atoms with Gasteiger partial charge in [-0.25, -0.2) is 9.97 Å². The summed E-state index contributed by atoms with van der Waals surface area (Å²) in [5, 5.41) is 11.9. The number of hydrogen-bond donors (Lipinski definition) is 3. The summed E-state index contributed by atoms with van der Waals surface area (Å²) in [6.07, 6.45) is 3.79. The number of nitrogens with one attached hydrogen (secondary N) is 2. The van der Waals surface area contributed by atoms with Crippen molar-refractivity contribution in [1.29, 1.82) is 0 Å². The molecule has 3 N–H and O–H groups in total. The molecule has 0 radical (unpaired) electrons. The normalized spacial score (nSPS) is 16.1. The molecule has 1 fully saturated rings. The zero-order valence-corrected chi connectivity index (χ0v) is 18.9. The van der Waals surface area contributed by atoms with Crippen molar-refractivity contribution in [3.63, 3.8) is 0 Å². The van der Waals surface area contributed by atoms with E-state index >= 15 is 0 Å². The Kier molecular flexibility index (Phi) is 6.67. The van der Waals surface area contributed by atoms with E-state index in [1.807, 2.05) is 29.5 Å². The van der Waals surface area contributed by atoms with E-state index < -0.39 is 0 Å². The Bertz CT molecular complexity index is 1180. The molecular weight excluding hydrogens is 438 g/mol. The molecule has 178 valence electrons. The maximum atomic E-state index is 9.96. The van der Waals surface area contributed by atoms with E-state index in [1.54, 1.807) is 25.3 Å². The van der Waals surface area contributed by atoms with Crippen molar-refractivity contribution >= 4 is 16.9 Å². The first-order chi connectivity index (χ1) is 16.7. The third-order valence-corrected chi connectivity index (χ3v) is 5.47. The number of aromatic nitrogens is 3. The van der Waals surface area contributed by atoms with E-state index in [9.17, 15) is 5.11 Å². The third kappa shape index (κ3) is 5.02. The molecule has 34 heavy (non-hydrogen) atoms. The Labute approximate surface area is 196 Å². The molecule has 1 aromatic carbocycles. The molecule has 11 nitrogen and oxygen atoms in total. The Morgan fingerprint density at radius 2 is 2.06 bits per heavy atom. The molecule has 3 aromatic rings. The van der Waals surface area contributed by atoms with Crippen LogP contribution < -0.4 is 15.9 Å². The first-order valence-electron chi connectivity index (χ1n) is 11.0. The minimum absolute atomic E-state index is 0.172. The fourth-order valence-corrected chi connectivity index (χ4v) is 3.89. The van der Waals surface area contributed by atoms with Gasteiger partial charge in [-0.2, -0.15) is 0 Å². The monoisotopic (exact) mass is 465 g/mol. The van der Waals surface area contributed by atoms with Crippen LogP contribution in [0.2, 0.25) is 0 Å². The molecule has 0 saturated carbocycles. The van der Waals surface area contributed by atoms with Gasteiger partial charge >= 0.3 is 0 Å². The van der Waals surface area contributed by atoms with Gasteiger partial charge in [0.2, 0.25) is 0 Å². The zero-order chi connectivity index (χ0) is 23.3. The Hall–Kier alpha value is -3.51. The fraction of sp³-hybridized carbons (Fsp3) is 0.348. The Morgan fingerprint density at radius 3 is 2.88 bits per heavy atom. The highest BCUT2D eigenvalue weighted by atomic mass is 16.7. The molecule has 2 aromatic heterocycles. The molecule has 0 bridgehead atoms. The molecule has 2 aliphatic heterocycles. The molecule has 1 saturated heterocycles. The lowest BCUT2D eigenvalue weighted by Gasteiger charge is -2.28. The smallest absolute Gasteiger partial charge is 0.162 e. The summed E-state index contributed by atoms with van der Waals surface area (Å²) in [4.78, 5) is 16.5. The van der Waals surface area contributed by atoms with Crippen LogP contribution in [-0.4, -0.2) is 71.9 Å². The molecule has 2 aliphatic rings. The van der Waals surface area contributed by atoms with Crippen LogP contribution in [0.5, 0.6) is 5.75 Å². The fourth-order valence-electron chi connectivity index (χ4n) is 3.89. The van der Waals surface area contributed by atoms with E-state index in [1.165, 1.54) is 0 Å². The van der Waals surface area contributed by atoms with Gasteiger partial charge in [0.1, 0.15) is 18.1 Å². The number of hydrogen-bond acceptors (Lipinski definition) is 11. The van der Waals surface area contributed by atoms with Crippen LogP contribution in [-0.2, 0) is 20.8 Å². The summed E-state index contributed by atoms with van der Waals surface area (Å²) in [7, 11) is 1.59. The second-order valence-electron chi connectivity index (χ2n) is 8.01. The number of hydrazine groups is 2. The summed E-state index contributed by atoms with van der Waals surface area (Å²) in [5.74, 6) is 1.49. The molecule has 0 aliphatic carbocycles. The second-order valence-corrected chi connectivity index (χ2v) is 8.01. The minimum Gasteiger partial charge on any atom is -0.508 e. The Morgan fingerprint density at radius 1 is 1.18 bits per heavy atom. The molecule has 0 amide bonds. The van der Waals surface area contributed by atoms with Crippen molar-refractivity contribution in [2.75, 3.05) is 51.7 Å². The minimum atomic E-state index is 0.172. The highest BCUT2D eigenvalue weighted by Crippen LogP contribution is 2.29. The van der Waals surface area contributed by atoms with Crippen LogP contribution in [0, 0.1) is 0 Å². The average molecular weight is 466 g/mol. The van der Waals surface area contributed by atoms with E-state index in [4.69, 9.17) is 29.2 Å². The van der Waals surface area contributed by atoms with Crippen molar-refractivity contribution in [1.82, 2.24) is 30.9 Å². The van der Waals surface area contributed by atoms with Crippen LogP contribution in [0.4, 0.5) is 5.82 Å². The molecule has 0 unspecified atom stereocenters. The van der Waals surface area contributed by atoms with E-state index in [0.717, 1.165) is 46.8 Å². The number of anilines is 1. The van der Waals surface area contributed by atoms with Crippen LogP contribution >= 0.6 is 0 Å². The quantitative estimate of drug-likeness (QED) is 0.332. The van der Waals surface area contributed by atoms with Gasteiger partial charge in [-0.3, -0.25) is 9.99 Å². The lowest BCUT2D eigenvalue weighted by atomic mass is 10.1. The maximum absolute atomic E-state index is 9.96. The third-order valence-electron chi connectivity index (χ3n) is 5.47. The summed E-state index contributed by atoms with van der Waals surface area (Å²) in [6, 6.07) is 8.99. The van der Waals surface area contributed by atoms with Crippen LogP contribution in [0.1, 0.15) is 5.56 Å². The summed E-state index contributed by atoms with van der Waals surface area (Å²) in [5.41, 5.74) is 10.3. The number of phenols is 1. The van der Waals surface area contributed by atoms with Crippen molar-refractivity contribution in [2.24, 2.45) is 0 Å². The predicted molar refractivity (Wildman–Crippen MR) is 125 cm³/mol. The van der Waals surface area contributed by atoms with Gasteiger partial charge < -0.3 is 29.6 Å². The number of rotatable bonds is 8. The molecule has 4 heterocycles. The topological polar surface area (TPSA) is 117 Å². The summed E-state index contributed by atoms with van der Waals surface area (Å²) >= 11 is 0. The number of phenolic OH excluding ortho intramolecular Hbond substituents is 1. The molecule has 0 spiro atoms. The average Bonchev–Trinajstić information content (AvgIpc) is 3.31. The number of ether oxygens (including phenoxy) is 3. The number of morpholine rings is 1. The van der Waals surface area contributed by atoms with Gasteiger partial charge in [0, 0.05) is 38.2 Å². The van der Waals surface area contributed by atoms with Crippen molar-refractivity contribution in [2.45, 2.75) is 6.54 Å². The van der Waals surface area contributed by atoms with Gasteiger partial charge in [0.25, 0.3) is 0 Å². The number of aromatic hydroxyl groups is 1. The zero-order valence-electron chi connectivity index (χ0n) is 18.9. The van der Waals surface area contributed by atoms with E-state index in [-0.39, 0.29) is 12.5 Å². The number of pyridine rings is 1. The second kappa shape index (κ2) is 10.2. The number of benzene rings is 1. The van der Waals surface area contributed by atoms with Gasteiger partial charge in [0.15, 0.2) is 11.6 Å². The van der Waals surface area contributed by atoms with Crippen LogP contribution in [0.25, 0.3) is 22.4 Å². The predicted octanol–water partition coefficient (Wildman–Crippen LogP) is 1.52. The summed E-state index contributed by atoms with van der Waals surface area (Å²) < 4.78 is 15.8. The first kappa shape index (κ1) is 22.3. The van der Waals surface area contributed by atoms with Gasteiger partial charge in [0.05, 0.1) is 37.6 Å². The lowest BCUT2D eigenvalue weighted by Crippen LogP contribution is -2.37. The summed E-state index contributed by atoms with van der Waals surface area (Å²) in [6.45, 7) is 3.97. The standard InChI is InChI=1S/C23H27N7O4/c1-32-15-34-14-18-13-30(28-27-18)12-16-9-20-21(24-11-16)23(29-5-7-33-8-6-29)26-22(25-20)17-3-2-4-19(31)10-17/h2-4,9-11,13,27-28,31H,5-8,12,14-15H2,1H3. The maximum Gasteiger partial charge on any atom is 0.162 e. The van der Waals surface area contributed by atoms with Crippen LogP contribution in [0.3, 0.4) is 0 Å². The lowest BCUT2D eigenvalue weighted by molar-refractivity contribution is -0.0223. The molecule has 11 heteroatoms. The highest BCUT2D eigenvalue weighted by Gasteiger charge is 2.20. The van der Waals surface area contributed by atoms with Gasteiger partial charge in [-0.15, -0.1) is 5.53 Å². The van der Waals surface area contributed by atoms with E-state index in [2.05, 4.69) is 15.9 Å². The number of fused-ring (bicyclic) bond motifs is 1. The number of methoxy groups -OCH3 is 1. The van der Waals surface area contributed by atoms with Gasteiger partial charge in [-0.05, 0) is 23.8 Å². The largest absolute Gasteiger partial charge is 0.508 e. The Balaban J connectivity index is 1.45. The van der Waals surface area contributed by atoms with Crippen LogP contribution in [0.15, 0.2) is 48.4 Å². The molecule has 0 atom stereocenters. The van der Waals surface area contributed by atoms with Crippen molar-refractivity contribution < 1.29 is 19.3 Å².